The van der Waals surface area contributed by atoms with Crippen LogP contribution >= 0.6 is 7.60 Å². The highest BCUT2D eigenvalue weighted by molar-refractivity contribution is 7.54. The topological polar surface area (TPSA) is 130 Å². The van der Waals surface area contributed by atoms with Crippen LogP contribution in [0.15, 0.2) is 6.20 Å². The molecular formula is C9H17N4O5P. The first-order chi connectivity index (χ1) is 8.92. The molecule has 0 radical (unpaired) electrons. The number of hydrogen-bond acceptors (Lipinski definition) is 7. The molecule has 1 unspecified atom stereocenters. The fourth-order valence-corrected chi connectivity index (χ4v) is 2.84. The maximum atomic E-state index is 12.2. The molecule has 1 heterocycles. The lowest BCUT2D eigenvalue weighted by Crippen LogP contribution is -2.20. The number of carbonyl (C=O) groups excluding carboxylic acids is 1. The van der Waals surface area contributed by atoms with Gasteiger partial charge in [-0.15, -0.1) is 5.10 Å². The van der Waals surface area contributed by atoms with Gasteiger partial charge in [-0.25, -0.2) is 4.68 Å². The highest BCUT2D eigenvalue weighted by Gasteiger charge is 2.34. The normalized spacial score (nSPS) is 13.4. The quantitative estimate of drug-likeness (QED) is 0.643. The molecule has 0 spiro atoms. The van der Waals surface area contributed by atoms with E-state index in [1.165, 1.54) is 6.20 Å². The van der Waals surface area contributed by atoms with E-state index in [1.54, 1.807) is 13.8 Å². The highest BCUT2D eigenvalue weighted by atomic mass is 31.2. The van der Waals surface area contributed by atoms with Crippen molar-refractivity contribution in [1.82, 2.24) is 15.0 Å². The summed E-state index contributed by atoms with van der Waals surface area (Å²) in [6.45, 7) is 3.37. The number of nitrogens with zero attached hydrogens (tertiary/aromatic N) is 3. The van der Waals surface area contributed by atoms with Crippen LogP contribution in [0.1, 0.15) is 24.3 Å². The number of primary amides is 1. The second-order valence-electron chi connectivity index (χ2n) is 3.55. The summed E-state index contributed by atoms with van der Waals surface area (Å²) in [5, 5.41) is 17.0. The van der Waals surface area contributed by atoms with Gasteiger partial charge in [0.25, 0.3) is 5.91 Å². The van der Waals surface area contributed by atoms with Crippen molar-refractivity contribution in [3.63, 3.8) is 0 Å². The summed E-state index contributed by atoms with van der Waals surface area (Å²) in [6.07, 6.45) is 1.24. The molecule has 1 aromatic rings. The SMILES string of the molecule is CCOP(=O)(OCC)C(O)Cn1cc(C(N)=O)nn1. The molecule has 10 heteroatoms. The Morgan fingerprint density at radius 1 is 1.53 bits per heavy atom. The zero-order chi connectivity index (χ0) is 14.5. The van der Waals surface area contributed by atoms with Crippen molar-refractivity contribution in [2.45, 2.75) is 26.2 Å². The summed E-state index contributed by atoms with van der Waals surface area (Å²) in [6, 6.07) is 0. The first-order valence-electron chi connectivity index (χ1n) is 5.69. The summed E-state index contributed by atoms with van der Waals surface area (Å²) in [5.41, 5.74) is 4.97. The Hall–Kier alpha value is -1.28. The number of nitrogens with two attached hydrogens (primary N) is 1. The molecule has 0 saturated carbocycles. The van der Waals surface area contributed by atoms with Crippen LogP contribution in [0.2, 0.25) is 0 Å². The van der Waals surface area contributed by atoms with E-state index in [2.05, 4.69) is 10.3 Å². The molecular weight excluding hydrogens is 275 g/mol. The third kappa shape index (κ3) is 4.10. The van der Waals surface area contributed by atoms with Gasteiger partial charge in [0.1, 0.15) is 0 Å². The van der Waals surface area contributed by atoms with E-state index in [0.29, 0.717) is 0 Å². The first kappa shape index (κ1) is 15.8. The van der Waals surface area contributed by atoms with E-state index in [-0.39, 0.29) is 25.5 Å². The van der Waals surface area contributed by atoms with Gasteiger partial charge in [0, 0.05) is 0 Å². The van der Waals surface area contributed by atoms with Crippen molar-refractivity contribution in [1.29, 1.82) is 0 Å². The second-order valence-corrected chi connectivity index (χ2v) is 5.74. The van der Waals surface area contributed by atoms with Gasteiger partial charge in [0.2, 0.25) is 0 Å². The van der Waals surface area contributed by atoms with Gasteiger partial charge in [-0.2, -0.15) is 0 Å². The average Bonchev–Trinajstić information content (AvgIpc) is 2.78. The van der Waals surface area contributed by atoms with Gasteiger partial charge in [-0.05, 0) is 13.8 Å². The van der Waals surface area contributed by atoms with E-state index in [1.807, 2.05) is 0 Å². The smallest absolute Gasteiger partial charge is 0.360 e. The predicted molar refractivity (Wildman–Crippen MR) is 65.4 cm³/mol. The number of rotatable bonds is 8. The maximum Gasteiger partial charge on any atom is 0.360 e. The minimum absolute atomic E-state index is 0.0464. The van der Waals surface area contributed by atoms with E-state index in [0.717, 1.165) is 4.68 Å². The van der Waals surface area contributed by atoms with E-state index in [9.17, 15) is 14.5 Å². The Morgan fingerprint density at radius 3 is 2.53 bits per heavy atom. The van der Waals surface area contributed by atoms with Crippen molar-refractivity contribution in [2.75, 3.05) is 13.2 Å². The second kappa shape index (κ2) is 6.76. The van der Waals surface area contributed by atoms with Gasteiger partial charge in [-0.1, -0.05) is 5.21 Å². The lowest BCUT2D eigenvalue weighted by molar-refractivity contribution is 0.0995. The third-order valence-electron chi connectivity index (χ3n) is 2.12. The van der Waals surface area contributed by atoms with Crippen LogP contribution < -0.4 is 5.73 Å². The van der Waals surface area contributed by atoms with Crippen LogP contribution in [-0.4, -0.2) is 45.1 Å². The lowest BCUT2D eigenvalue weighted by Gasteiger charge is -2.21. The van der Waals surface area contributed by atoms with Crippen LogP contribution in [0, 0.1) is 0 Å². The Bertz CT molecular complexity index is 467. The number of aromatic nitrogens is 3. The van der Waals surface area contributed by atoms with Crippen molar-refractivity contribution in [2.24, 2.45) is 5.73 Å². The van der Waals surface area contributed by atoms with Crippen LogP contribution in [-0.2, 0) is 20.2 Å². The van der Waals surface area contributed by atoms with E-state index < -0.39 is 19.3 Å². The summed E-state index contributed by atoms with van der Waals surface area (Å²) < 4.78 is 23.3. The molecule has 0 fully saturated rings. The molecule has 19 heavy (non-hydrogen) atoms. The molecule has 0 aliphatic heterocycles. The molecule has 1 amide bonds. The molecule has 0 saturated heterocycles. The monoisotopic (exact) mass is 292 g/mol. The largest absolute Gasteiger partial charge is 0.379 e. The maximum absolute atomic E-state index is 12.2. The minimum atomic E-state index is -3.64. The van der Waals surface area contributed by atoms with Crippen molar-refractivity contribution in [3.05, 3.63) is 11.9 Å². The Balaban J connectivity index is 2.77. The number of hydrogen-bond donors (Lipinski definition) is 2. The highest BCUT2D eigenvalue weighted by Crippen LogP contribution is 2.52. The molecule has 0 aliphatic carbocycles. The fourth-order valence-electron chi connectivity index (χ4n) is 1.34. The molecule has 0 aliphatic rings. The number of amides is 1. The van der Waals surface area contributed by atoms with Crippen molar-refractivity contribution >= 4 is 13.5 Å². The standard InChI is InChI=1S/C9H17N4O5P/c1-3-17-19(16,18-4-2)8(14)6-13-5-7(9(10)15)11-12-13/h5,8,14H,3-4,6H2,1-2H3,(H2,10,15). The summed E-state index contributed by atoms with van der Waals surface area (Å²) in [7, 11) is -3.64. The fraction of sp³-hybridized carbons (Fsp3) is 0.667. The molecule has 1 atom stereocenters. The van der Waals surface area contributed by atoms with Gasteiger partial charge in [-0.3, -0.25) is 9.36 Å². The van der Waals surface area contributed by atoms with Crippen LogP contribution in [0.5, 0.6) is 0 Å². The van der Waals surface area contributed by atoms with Gasteiger partial charge >= 0.3 is 7.60 Å². The minimum Gasteiger partial charge on any atom is -0.379 e. The Labute approximate surface area is 110 Å². The summed E-state index contributed by atoms with van der Waals surface area (Å²) >= 11 is 0. The molecule has 9 nitrogen and oxygen atoms in total. The van der Waals surface area contributed by atoms with Crippen molar-refractivity contribution < 1.29 is 23.5 Å². The molecule has 1 rings (SSSR count). The van der Waals surface area contributed by atoms with Gasteiger partial charge in [0.05, 0.1) is 26.0 Å². The number of aliphatic hydroxyl groups is 1. The lowest BCUT2D eigenvalue weighted by atomic mass is 10.5. The van der Waals surface area contributed by atoms with Crippen LogP contribution in [0.4, 0.5) is 0 Å². The molecule has 1 aromatic heterocycles. The summed E-state index contributed by atoms with van der Waals surface area (Å²) in [5.74, 6) is -2.15. The summed E-state index contributed by atoms with van der Waals surface area (Å²) in [4.78, 5) is 10.8. The number of aliphatic hydroxyl groups excluding tert-OH is 1. The van der Waals surface area contributed by atoms with Gasteiger partial charge < -0.3 is 19.9 Å². The molecule has 0 aromatic carbocycles. The third-order valence-corrected chi connectivity index (χ3v) is 4.25. The van der Waals surface area contributed by atoms with E-state index in [4.69, 9.17) is 14.8 Å². The Morgan fingerprint density at radius 2 is 2.11 bits per heavy atom. The van der Waals surface area contributed by atoms with Crippen molar-refractivity contribution in [3.8, 4) is 0 Å². The Kier molecular flexibility index (Phi) is 5.61. The zero-order valence-corrected chi connectivity index (χ0v) is 11.6. The van der Waals surface area contributed by atoms with Gasteiger partial charge in [0.15, 0.2) is 11.5 Å². The molecule has 108 valence electrons. The number of carbonyl (C=O) groups is 1. The van der Waals surface area contributed by atoms with Crippen LogP contribution in [0.3, 0.4) is 0 Å². The molecule has 3 N–H and O–H groups in total. The van der Waals surface area contributed by atoms with E-state index >= 15 is 0 Å². The molecule has 0 bridgehead atoms. The zero-order valence-electron chi connectivity index (χ0n) is 10.7. The first-order valence-corrected chi connectivity index (χ1v) is 7.31. The average molecular weight is 292 g/mol. The van der Waals surface area contributed by atoms with Crippen LogP contribution in [0.25, 0.3) is 0 Å². The predicted octanol–water partition coefficient (Wildman–Crippen LogP) is -0.0385.